The second kappa shape index (κ2) is 5.06. The van der Waals surface area contributed by atoms with E-state index in [0.717, 1.165) is 18.5 Å². The number of nitrogens with zero attached hydrogens (tertiary/aromatic N) is 1. The number of alkyl halides is 3. The summed E-state index contributed by atoms with van der Waals surface area (Å²) in [7, 11) is 0. The number of pyridine rings is 1. The van der Waals surface area contributed by atoms with Gasteiger partial charge in [-0.1, -0.05) is 0 Å². The number of halogens is 3. The molecule has 18 heavy (non-hydrogen) atoms. The number of carbonyl (C=O) groups excluding carboxylic acids is 1. The van der Waals surface area contributed by atoms with E-state index in [1.54, 1.807) is 20.8 Å². The average Bonchev–Trinajstić information content (AvgIpc) is 2.24. The maximum atomic E-state index is 12.7. The van der Waals surface area contributed by atoms with Crippen LogP contribution < -0.4 is 0 Å². The summed E-state index contributed by atoms with van der Waals surface area (Å²) in [4.78, 5) is 15.2. The molecule has 0 fully saturated rings. The smallest absolute Gasteiger partial charge is 0.368 e. The standard InChI is InChI=1S/C12H14F3NO2/c1-11(2,3)18-7-10(17)8-6-16-5-4-9(8)12(13,14)15/h4-6H,7H2,1-3H3. The minimum atomic E-state index is -4.57. The summed E-state index contributed by atoms with van der Waals surface area (Å²) in [6.07, 6.45) is -2.66. The summed E-state index contributed by atoms with van der Waals surface area (Å²) in [5.74, 6) is -0.731. The minimum absolute atomic E-state index is 0.404. The first-order valence-corrected chi connectivity index (χ1v) is 5.29. The predicted molar refractivity (Wildman–Crippen MR) is 59.3 cm³/mol. The van der Waals surface area contributed by atoms with Crippen molar-refractivity contribution in [2.24, 2.45) is 0 Å². The summed E-state index contributed by atoms with van der Waals surface area (Å²) in [5.41, 5.74) is -2.04. The minimum Gasteiger partial charge on any atom is -0.368 e. The molecule has 0 unspecified atom stereocenters. The van der Waals surface area contributed by atoms with E-state index in [1.165, 1.54) is 0 Å². The van der Waals surface area contributed by atoms with Gasteiger partial charge in [0.2, 0.25) is 0 Å². The summed E-state index contributed by atoms with van der Waals surface area (Å²) in [5, 5.41) is 0. The molecular formula is C12H14F3NO2. The number of hydrogen-bond donors (Lipinski definition) is 0. The van der Waals surface area contributed by atoms with Crippen molar-refractivity contribution in [2.75, 3.05) is 6.61 Å². The number of Topliss-reactive ketones (excluding diaryl/α,β-unsaturated/α-hetero) is 1. The fraction of sp³-hybridized carbons (Fsp3) is 0.500. The Labute approximate surface area is 103 Å². The van der Waals surface area contributed by atoms with Gasteiger partial charge in [-0.3, -0.25) is 9.78 Å². The van der Waals surface area contributed by atoms with Gasteiger partial charge < -0.3 is 4.74 Å². The Morgan fingerprint density at radius 3 is 2.44 bits per heavy atom. The van der Waals surface area contributed by atoms with E-state index in [-0.39, 0.29) is 0 Å². The highest BCUT2D eigenvalue weighted by molar-refractivity contribution is 5.98. The molecule has 0 aromatic carbocycles. The summed E-state index contributed by atoms with van der Waals surface area (Å²) in [6, 6.07) is 0.782. The zero-order chi connectivity index (χ0) is 14.0. The molecule has 0 aliphatic heterocycles. The van der Waals surface area contributed by atoms with Gasteiger partial charge in [-0.15, -0.1) is 0 Å². The van der Waals surface area contributed by atoms with E-state index >= 15 is 0 Å². The lowest BCUT2D eigenvalue weighted by molar-refractivity contribution is -0.138. The molecule has 0 saturated heterocycles. The van der Waals surface area contributed by atoms with Crippen LogP contribution in [0.3, 0.4) is 0 Å². The normalized spacial score (nSPS) is 12.6. The molecule has 0 amide bonds. The van der Waals surface area contributed by atoms with Crippen molar-refractivity contribution in [1.82, 2.24) is 4.98 Å². The van der Waals surface area contributed by atoms with Crippen LogP contribution in [0.4, 0.5) is 13.2 Å². The molecule has 0 radical (unpaired) electrons. The third-order valence-corrected chi connectivity index (χ3v) is 2.06. The number of rotatable bonds is 3. The van der Waals surface area contributed by atoms with Gasteiger partial charge in [-0.05, 0) is 26.8 Å². The first kappa shape index (κ1) is 14.6. The molecular weight excluding hydrogens is 247 g/mol. The van der Waals surface area contributed by atoms with Crippen molar-refractivity contribution in [1.29, 1.82) is 0 Å². The number of hydrogen-bond acceptors (Lipinski definition) is 3. The van der Waals surface area contributed by atoms with Gasteiger partial charge in [0.15, 0.2) is 5.78 Å². The van der Waals surface area contributed by atoms with Gasteiger partial charge in [0.25, 0.3) is 0 Å². The van der Waals surface area contributed by atoms with Crippen LogP contribution in [0, 0.1) is 0 Å². The molecule has 1 heterocycles. The maximum Gasteiger partial charge on any atom is 0.417 e. The summed E-state index contributed by atoms with van der Waals surface area (Å²) < 4.78 is 43.2. The molecule has 6 heteroatoms. The Balaban J connectivity index is 2.93. The summed E-state index contributed by atoms with van der Waals surface area (Å²) in [6.45, 7) is 4.74. The van der Waals surface area contributed by atoms with Crippen molar-refractivity contribution in [2.45, 2.75) is 32.5 Å². The Morgan fingerprint density at radius 1 is 1.33 bits per heavy atom. The highest BCUT2D eigenvalue weighted by Gasteiger charge is 2.35. The Kier molecular flexibility index (Phi) is 4.11. The Bertz CT molecular complexity index is 436. The molecule has 1 aromatic rings. The molecule has 1 aromatic heterocycles. The zero-order valence-corrected chi connectivity index (χ0v) is 10.3. The zero-order valence-electron chi connectivity index (χ0n) is 10.3. The van der Waals surface area contributed by atoms with Gasteiger partial charge in [-0.25, -0.2) is 0 Å². The molecule has 100 valence electrons. The van der Waals surface area contributed by atoms with Crippen molar-refractivity contribution >= 4 is 5.78 Å². The molecule has 1 rings (SSSR count). The largest absolute Gasteiger partial charge is 0.417 e. The van der Waals surface area contributed by atoms with Crippen LogP contribution in [-0.4, -0.2) is 23.0 Å². The fourth-order valence-electron chi connectivity index (χ4n) is 1.22. The van der Waals surface area contributed by atoms with Crippen molar-refractivity contribution in [3.8, 4) is 0 Å². The van der Waals surface area contributed by atoms with Gasteiger partial charge in [0.05, 0.1) is 16.7 Å². The highest BCUT2D eigenvalue weighted by atomic mass is 19.4. The molecule has 3 nitrogen and oxygen atoms in total. The maximum absolute atomic E-state index is 12.7. The predicted octanol–water partition coefficient (Wildman–Crippen LogP) is 3.10. The second-order valence-electron chi connectivity index (χ2n) is 4.74. The monoisotopic (exact) mass is 261 g/mol. The number of aromatic nitrogens is 1. The van der Waals surface area contributed by atoms with E-state index in [2.05, 4.69) is 4.98 Å². The van der Waals surface area contributed by atoms with Crippen LogP contribution in [0.2, 0.25) is 0 Å². The average molecular weight is 261 g/mol. The van der Waals surface area contributed by atoms with Crippen LogP contribution >= 0.6 is 0 Å². The van der Waals surface area contributed by atoms with Crippen molar-refractivity contribution in [3.05, 3.63) is 29.6 Å². The topological polar surface area (TPSA) is 39.2 Å². The lowest BCUT2D eigenvalue weighted by atomic mass is 10.1. The number of ketones is 1. The van der Waals surface area contributed by atoms with Crippen molar-refractivity contribution in [3.63, 3.8) is 0 Å². The molecule has 0 spiro atoms. The van der Waals surface area contributed by atoms with Gasteiger partial charge in [0.1, 0.15) is 6.61 Å². The van der Waals surface area contributed by atoms with E-state index in [9.17, 15) is 18.0 Å². The molecule has 0 aliphatic rings. The van der Waals surface area contributed by atoms with Crippen LogP contribution in [0.5, 0.6) is 0 Å². The van der Waals surface area contributed by atoms with Crippen LogP contribution in [0.1, 0.15) is 36.7 Å². The first-order chi connectivity index (χ1) is 8.11. The number of ether oxygens (including phenoxy) is 1. The fourth-order valence-corrected chi connectivity index (χ4v) is 1.22. The second-order valence-corrected chi connectivity index (χ2v) is 4.74. The SMILES string of the molecule is CC(C)(C)OCC(=O)c1cnccc1C(F)(F)F. The van der Waals surface area contributed by atoms with E-state index in [1.807, 2.05) is 0 Å². The third-order valence-electron chi connectivity index (χ3n) is 2.06. The summed E-state index contributed by atoms with van der Waals surface area (Å²) >= 11 is 0. The molecule has 0 saturated carbocycles. The van der Waals surface area contributed by atoms with Gasteiger partial charge in [-0.2, -0.15) is 13.2 Å². The first-order valence-electron chi connectivity index (χ1n) is 5.29. The van der Waals surface area contributed by atoms with Crippen LogP contribution in [0.25, 0.3) is 0 Å². The molecule has 0 N–H and O–H groups in total. The van der Waals surface area contributed by atoms with Crippen LogP contribution in [0.15, 0.2) is 18.5 Å². The molecule has 0 atom stereocenters. The Morgan fingerprint density at radius 2 is 1.94 bits per heavy atom. The van der Waals surface area contributed by atoms with E-state index in [4.69, 9.17) is 4.74 Å². The third kappa shape index (κ3) is 4.10. The Hall–Kier alpha value is -1.43. The number of carbonyl (C=O) groups is 1. The van der Waals surface area contributed by atoms with Gasteiger partial charge >= 0.3 is 6.18 Å². The molecule has 0 aliphatic carbocycles. The van der Waals surface area contributed by atoms with E-state index in [0.29, 0.717) is 0 Å². The van der Waals surface area contributed by atoms with Crippen molar-refractivity contribution < 1.29 is 22.7 Å². The van der Waals surface area contributed by atoms with E-state index < -0.39 is 35.3 Å². The van der Waals surface area contributed by atoms with Gasteiger partial charge in [0, 0.05) is 12.4 Å². The highest BCUT2D eigenvalue weighted by Crippen LogP contribution is 2.31. The lowest BCUT2D eigenvalue weighted by Crippen LogP contribution is -2.25. The lowest BCUT2D eigenvalue weighted by Gasteiger charge is -2.19. The molecule has 0 bridgehead atoms. The van der Waals surface area contributed by atoms with Crippen LogP contribution in [-0.2, 0) is 10.9 Å². The quantitative estimate of drug-likeness (QED) is 0.785.